The molecule has 0 unspecified atom stereocenters. The minimum absolute atomic E-state index is 0.354. The van der Waals surface area contributed by atoms with Crippen LogP contribution in [0.5, 0.6) is 0 Å². The Morgan fingerprint density at radius 1 is 1.21 bits per heavy atom. The van der Waals surface area contributed by atoms with Gasteiger partial charge in [0.05, 0.1) is 0 Å². The Balaban J connectivity index is 2.99. The van der Waals surface area contributed by atoms with Crippen LogP contribution < -0.4 is 0 Å². The summed E-state index contributed by atoms with van der Waals surface area (Å²) in [7, 11) is -3.30. The van der Waals surface area contributed by atoms with Crippen molar-refractivity contribution < 1.29 is 13.2 Å². The Kier molecular flexibility index (Phi) is 3.06. The summed E-state index contributed by atoms with van der Waals surface area (Å²) < 4.78 is 22.3. The van der Waals surface area contributed by atoms with Gasteiger partial charge < -0.3 is 0 Å². The lowest BCUT2D eigenvalue weighted by molar-refractivity contribution is 0.0991. The van der Waals surface area contributed by atoms with Gasteiger partial charge in [-0.3, -0.25) is 4.79 Å². The average molecular weight is 212 g/mol. The van der Waals surface area contributed by atoms with Crippen LogP contribution in [-0.2, 0) is 9.84 Å². The molecule has 0 saturated carbocycles. The number of carbonyl (C=O) groups excluding carboxylic acids is 1. The summed E-state index contributed by atoms with van der Waals surface area (Å²) >= 11 is 0. The van der Waals surface area contributed by atoms with E-state index in [9.17, 15) is 13.2 Å². The zero-order valence-electron chi connectivity index (χ0n) is 8.10. The zero-order valence-corrected chi connectivity index (χ0v) is 8.91. The summed E-state index contributed by atoms with van der Waals surface area (Å²) in [6.45, 7) is 1.41. The third-order valence-corrected chi connectivity index (χ3v) is 3.57. The van der Waals surface area contributed by atoms with Crippen LogP contribution in [0.25, 0.3) is 0 Å². The number of Topliss-reactive ketones (excluding diaryl/α,β-unsaturated/α-hetero) is 1. The van der Waals surface area contributed by atoms with Gasteiger partial charge in [0.25, 0.3) is 0 Å². The zero-order chi connectivity index (χ0) is 10.8. The maximum absolute atomic E-state index is 11.6. The highest BCUT2D eigenvalue weighted by molar-refractivity contribution is 7.92. The van der Waals surface area contributed by atoms with E-state index in [0.29, 0.717) is 5.56 Å². The third-order valence-electron chi connectivity index (χ3n) is 2.07. The van der Waals surface area contributed by atoms with E-state index in [1.54, 1.807) is 30.3 Å². The van der Waals surface area contributed by atoms with Gasteiger partial charge >= 0.3 is 0 Å². The maximum atomic E-state index is 11.6. The van der Waals surface area contributed by atoms with Crippen molar-refractivity contribution >= 4 is 15.6 Å². The summed E-state index contributed by atoms with van der Waals surface area (Å²) in [6, 6.07) is 8.43. The monoisotopic (exact) mass is 212 g/mol. The second kappa shape index (κ2) is 3.92. The summed E-state index contributed by atoms with van der Waals surface area (Å²) in [5.41, 5.74) is 0.436. The quantitative estimate of drug-likeness (QED) is 0.710. The van der Waals surface area contributed by atoms with Crippen molar-refractivity contribution in [2.45, 2.75) is 12.2 Å². The van der Waals surface area contributed by atoms with Crippen molar-refractivity contribution in [2.75, 3.05) is 6.26 Å². The minimum Gasteiger partial charge on any atom is -0.293 e. The molecule has 1 aromatic rings. The van der Waals surface area contributed by atoms with Gasteiger partial charge in [0.15, 0.2) is 15.6 Å². The molecule has 0 saturated heterocycles. The van der Waals surface area contributed by atoms with E-state index in [1.165, 1.54) is 6.92 Å². The van der Waals surface area contributed by atoms with Gasteiger partial charge in [0.1, 0.15) is 5.25 Å². The maximum Gasteiger partial charge on any atom is 0.180 e. The van der Waals surface area contributed by atoms with E-state index in [0.717, 1.165) is 6.26 Å². The van der Waals surface area contributed by atoms with Crippen LogP contribution in [0.1, 0.15) is 17.3 Å². The van der Waals surface area contributed by atoms with Crippen LogP contribution in [0.15, 0.2) is 30.3 Å². The third kappa shape index (κ3) is 2.42. The second-order valence-corrected chi connectivity index (χ2v) is 5.57. The number of carbonyl (C=O) groups is 1. The highest BCUT2D eigenvalue weighted by Crippen LogP contribution is 2.08. The number of ketones is 1. The first-order valence-electron chi connectivity index (χ1n) is 4.21. The topological polar surface area (TPSA) is 51.2 Å². The first-order chi connectivity index (χ1) is 6.43. The predicted molar refractivity (Wildman–Crippen MR) is 55.1 cm³/mol. The number of hydrogen-bond donors (Lipinski definition) is 0. The highest BCUT2D eigenvalue weighted by Gasteiger charge is 2.24. The van der Waals surface area contributed by atoms with E-state index >= 15 is 0 Å². The Morgan fingerprint density at radius 2 is 1.71 bits per heavy atom. The lowest BCUT2D eigenvalue weighted by Crippen LogP contribution is -2.26. The standard InChI is InChI=1S/C10H12O3S/c1-8(14(2,12)13)10(11)9-6-4-3-5-7-9/h3-8H,1-2H3/t8-/m1/s1. The molecule has 1 aromatic carbocycles. The van der Waals surface area contributed by atoms with Crippen molar-refractivity contribution in [2.24, 2.45) is 0 Å². The highest BCUT2D eigenvalue weighted by atomic mass is 32.2. The van der Waals surface area contributed by atoms with Crippen molar-refractivity contribution in [1.29, 1.82) is 0 Å². The van der Waals surface area contributed by atoms with Crippen LogP contribution >= 0.6 is 0 Å². The fraction of sp³-hybridized carbons (Fsp3) is 0.300. The summed E-state index contributed by atoms with van der Waals surface area (Å²) in [5, 5.41) is -0.968. The Morgan fingerprint density at radius 3 is 2.14 bits per heavy atom. The molecule has 3 nitrogen and oxygen atoms in total. The summed E-state index contributed by atoms with van der Waals surface area (Å²) in [6.07, 6.45) is 1.07. The molecule has 0 aromatic heterocycles. The molecule has 0 amide bonds. The van der Waals surface area contributed by atoms with Crippen LogP contribution in [-0.4, -0.2) is 25.7 Å². The van der Waals surface area contributed by atoms with Crippen LogP contribution in [0, 0.1) is 0 Å². The van der Waals surface area contributed by atoms with Crippen molar-refractivity contribution in [3.05, 3.63) is 35.9 Å². The van der Waals surface area contributed by atoms with Crippen molar-refractivity contribution in [1.82, 2.24) is 0 Å². The molecule has 1 atom stereocenters. The van der Waals surface area contributed by atoms with Gasteiger partial charge in [0, 0.05) is 11.8 Å². The van der Waals surface area contributed by atoms with E-state index in [2.05, 4.69) is 0 Å². The molecule has 0 N–H and O–H groups in total. The molecule has 0 radical (unpaired) electrons. The molecule has 0 fully saturated rings. The minimum atomic E-state index is -3.30. The van der Waals surface area contributed by atoms with Crippen LogP contribution in [0.3, 0.4) is 0 Å². The molecule has 14 heavy (non-hydrogen) atoms. The predicted octanol–water partition coefficient (Wildman–Crippen LogP) is 1.30. The molecule has 1 rings (SSSR count). The number of hydrogen-bond acceptors (Lipinski definition) is 3. The van der Waals surface area contributed by atoms with Gasteiger partial charge in [-0.2, -0.15) is 0 Å². The molecular formula is C10H12O3S. The Bertz CT molecular complexity index is 420. The number of benzene rings is 1. The van der Waals surface area contributed by atoms with Crippen molar-refractivity contribution in [3.63, 3.8) is 0 Å². The van der Waals surface area contributed by atoms with E-state index in [4.69, 9.17) is 0 Å². The van der Waals surface area contributed by atoms with Gasteiger partial charge in [-0.15, -0.1) is 0 Å². The molecule has 0 aliphatic rings. The Labute approximate surface area is 83.7 Å². The molecular weight excluding hydrogens is 200 g/mol. The van der Waals surface area contributed by atoms with Crippen LogP contribution in [0.2, 0.25) is 0 Å². The average Bonchev–Trinajstić information content (AvgIpc) is 2.15. The first-order valence-corrected chi connectivity index (χ1v) is 6.16. The lowest BCUT2D eigenvalue weighted by atomic mass is 10.1. The van der Waals surface area contributed by atoms with E-state index < -0.39 is 15.1 Å². The van der Waals surface area contributed by atoms with E-state index in [1.807, 2.05) is 0 Å². The molecule has 0 aliphatic carbocycles. The second-order valence-electron chi connectivity index (χ2n) is 3.20. The van der Waals surface area contributed by atoms with Crippen LogP contribution in [0.4, 0.5) is 0 Å². The molecule has 0 heterocycles. The van der Waals surface area contributed by atoms with E-state index in [-0.39, 0.29) is 5.78 Å². The normalized spacial score (nSPS) is 13.6. The SMILES string of the molecule is C[C@H](C(=O)c1ccccc1)S(C)(=O)=O. The number of rotatable bonds is 3. The first kappa shape index (κ1) is 10.9. The molecule has 4 heteroatoms. The fourth-order valence-corrected chi connectivity index (χ4v) is 1.56. The summed E-state index contributed by atoms with van der Waals surface area (Å²) in [4.78, 5) is 11.6. The smallest absolute Gasteiger partial charge is 0.180 e. The largest absolute Gasteiger partial charge is 0.293 e. The van der Waals surface area contributed by atoms with Gasteiger partial charge in [-0.25, -0.2) is 8.42 Å². The summed E-state index contributed by atoms with van der Waals surface area (Å²) in [5.74, 6) is -0.354. The van der Waals surface area contributed by atoms with Crippen molar-refractivity contribution in [3.8, 4) is 0 Å². The molecule has 0 bridgehead atoms. The van der Waals surface area contributed by atoms with Gasteiger partial charge in [-0.1, -0.05) is 30.3 Å². The number of sulfone groups is 1. The molecule has 0 aliphatic heterocycles. The van der Waals surface area contributed by atoms with Gasteiger partial charge in [0.2, 0.25) is 0 Å². The fourth-order valence-electron chi connectivity index (χ4n) is 1.03. The van der Waals surface area contributed by atoms with Gasteiger partial charge in [-0.05, 0) is 6.92 Å². The molecule has 76 valence electrons. The molecule has 0 spiro atoms. The lowest BCUT2D eigenvalue weighted by Gasteiger charge is -2.07. The Hall–Kier alpha value is -1.16.